The average molecular weight is 246 g/mol. The van der Waals surface area contributed by atoms with E-state index in [4.69, 9.17) is 15.0 Å². The Hall–Kier alpha value is -1.80. The second kappa shape index (κ2) is 4.81. The molecule has 16 heavy (non-hydrogen) atoms. The molecule has 0 bridgehead atoms. The number of anilines is 1. The monoisotopic (exact) mass is 246 g/mol. The molecule has 0 atom stereocenters. The van der Waals surface area contributed by atoms with Gasteiger partial charge in [-0.05, 0) is 12.1 Å². The van der Waals surface area contributed by atoms with Gasteiger partial charge in [-0.25, -0.2) is 9.93 Å². The van der Waals surface area contributed by atoms with E-state index in [0.29, 0.717) is 0 Å². The second-order valence-corrected chi connectivity index (χ2v) is 4.12. The molecule has 1 rings (SSSR count). The third-order valence-corrected chi connectivity index (χ3v) is 1.99. The van der Waals surface area contributed by atoms with Gasteiger partial charge in [0, 0.05) is 0 Å². The Morgan fingerprint density at radius 3 is 2.62 bits per heavy atom. The van der Waals surface area contributed by atoms with Crippen LogP contribution in [0, 0.1) is 0 Å². The molecule has 0 aliphatic carbocycles. The first kappa shape index (κ1) is 12.3. The number of nitrogens with two attached hydrogens (primary N) is 1. The van der Waals surface area contributed by atoms with Crippen LogP contribution in [-0.4, -0.2) is 26.1 Å². The lowest BCUT2D eigenvalue weighted by Crippen LogP contribution is -2.22. The molecule has 7 nitrogen and oxygen atoms in total. The Morgan fingerprint density at radius 1 is 1.44 bits per heavy atom. The van der Waals surface area contributed by atoms with E-state index in [-0.39, 0.29) is 11.4 Å². The molecule has 0 aliphatic rings. The van der Waals surface area contributed by atoms with Crippen molar-refractivity contribution in [1.29, 1.82) is 0 Å². The Kier molecular flexibility index (Phi) is 3.69. The minimum Gasteiger partial charge on any atom is -0.480 e. The van der Waals surface area contributed by atoms with Crippen LogP contribution in [0.25, 0.3) is 0 Å². The summed E-state index contributed by atoms with van der Waals surface area (Å²) in [6.07, 6.45) is 0. The van der Waals surface area contributed by atoms with Crippen LogP contribution in [0.5, 0.6) is 5.75 Å². The van der Waals surface area contributed by atoms with Crippen molar-refractivity contribution in [2.75, 3.05) is 11.3 Å². The summed E-state index contributed by atoms with van der Waals surface area (Å²) in [5, 5.41) is 13.2. The van der Waals surface area contributed by atoms with Gasteiger partial charge < -0.3 is 9.84 Å². The molecule has 1 aromatic carbocycles. The van der Waals surface area contributed by atoms with Gasteiger partial charge in [-0.2, -0.15) is 8.42 Å². The van der Waals surface area contributed by atoms with Crippen molar-refractivity contribution >= 4 is 21.9 Å². The van der Waals surface area contributed by atoms with Gasteiger partial charge in [-0.1, -0.05) is 12.1 Å². The van der Waals surface area contributed by atoms with E-state index < -0.39 is 22.8 Å². The topological polar surface area (TPSA) is 119 Å². The van der Waals surface area contributed by atoms with Crippen LogP contribution < -0.4 is 14.6 Å². The SMILES string of the molecule is NS(=O)(=O)Nc1ccccc1OCC(=O)O. The van der Waals surface area contributed by atoms with E-state index in [1.807, 2.05) is 4.72 Å². The van der Waals surface area contributed by atoms with Gasteiger partial charge >= 0.3 is 5.97 Å². The number of para-hydroxylation sites is 2. The largest absolute Gasteiger partial charge is 0.480 e. The molecule has 0 saturated heterocycles. The van der Waals surface area contributed by atoms with Crippen LogP contribution in [0.4, 0.5) is 5.69 Å². The summed E-state index contributed by atoms with van der Waals surface area (Å²) < 4.78 is 28.4. The van der Waals surface area contributed by atoms with Gasteiger partial charge in [0.25, 0.3) is 10.2 Å². The second-order valence-electron chi connectivity index (χ2n) is 2.83. The minimum atomic E-state index is -3.92. The molecular weight excluding hydrogens is 236 g/mol. The zero-order chi connectivity index (χ0) is 12.2. The molecule has 0 radical (unpaired) electrons. The van der Waals surface area contributed by atoms with Crippen LogP contribution in [0.15, 0.2) is 24.3 Å². The number of hydrogen-bond donors (Lipinski definition) is 3. The van der Waals surface area contributed by atoms with Gasteiger partial charge in [0.15, 0.2) is 6.61 Å². The number of aliphatic carboxylic acids is 1. The Bertz CT molecular complexity index is 485. The first-order valence-corrected chi connectivity index (χ1v) is 5.67. The first-order valence-electron chi connectivity index (χ1n) is 4.12. The van der Waals surface area contributed by atoms with E-state index in [2.05, 4.69) is 0 Å². The highest BCUT2D eigenvalue weighted by atomic mass is 32.2. The summed E-state index contributed by atoms with van der Waals surface area (Å²) >= 11 is 0. The van der Waals surface area contributed by atoms with Gasteiger partial charge in [0.1, 0.15) is 5.75 Å². The molecule has 0 aliphatic heterocycles. The van der Waals surface area contributed by atoms with E-state index in [0.717, 1.165) is 0 Å². The number of ether oxygens (including phenoxy) is 1. The number of hydrogen-bond acceptors (Lipinski definition) is 4. The zero-order valence-corrected chi connectivity index (χ0v) is 8.90. The molecule has 0 spiro atoms. The molecule has 0 unspecified atom stereocenters. The van der Waals surface area contributed by atoms with Crippen LogP contribution in [0.2, 0.25) is 0 Å². The molecule has 8 heteroatoms. The summed E-state index contributed by atoms with van der Waals surface area (Å²) in [6, 6.07) is 5.96. The molecule has 4 N–H and O–H groups in total. The fourth-order valence-corrected chi connectivity index (χ4v) is 1.44. The Balaban J connectivity index is 2.87. The quantitative estimate of drug-likeness (QED) is 0.662. The summed E-state index contributed by atoms with van der Waals surface area (Å²) in [5.41, 5.74) is 0.0891. The fraction of sp³-hybridized carbons (Fsp3) is 0.125. The maximum Gasteiger partial charge on any atom is 0.341 e. The minimum absolute atomic E-state index is 0.0891. The highest BCUT2D eigenvalue weighted by Gasteiger charge is 2.09. The zero-order valence-electron chi connectivity index (χ0n) is 8.08. The van der Waals surface area contributed by atoms with Crippen molar-refractivity contribution < 1.29 is 23.1 Å². The maximum absolute atomic E-state index is 10.8. The van der Waals surface area contributed by atoms with Crippen molar-refractivity contribution in [3.05, 3.63) is 24.3 Å². The molecule has 0 aromatic heterocycles. The van der Waals surface area contributed by atoms with E-state index in [9.17, 15) is 13.2 Å². The Labute approximate surface area is 92.0 Å². The predicted molar refractivity (Wildman–Crippen MR) is 56.3 cm³/mol. The maximum atomic E-state index is 10.8. The third-order valence-electron chi connectivity index (χ3n) is 1.49. The molecule has 0 amide bonds. The normalized spacial score (nSPS) is 10.8. The van der Waals surface area contributed by atoms with Gasteiger partial charge in [-0.15, -0.1) is 0 Å². The molecule has 88 valence electrons. The standard InChI is InChI=1S/C8H10N2O5S/c9-16(13,14)10-6-3-1-2-4-7(6)15-5-8(11)12/h1-4,10H,5H2,(H,11,12)(H2,9,13,14). The summed E-state index contributed by atoms with van der Waals surface area (Å²) in [6.45, 7) is -0.566. The van der Waals surface area contributed by atoms with Crippen LogP contribution in [0.1, 0.15) is 0 Å². The van der Waals surface area contributed by atoms with Crippen molar-refractivity contribution in [2.45, 2.75) is 0 Å². The highest BCUT2D eigenvalue weighted by molar-refractivity contribution is 7.90. The smallest absolute Gasteiger partial charge is 0.341 e. The van der Waals surface area contributed by atoms with E-state index in [1.54, 1.807) is 12.1 Å². The number of carbonyl (C=O) groups is 1. The molecule has 0 saturated carbocycles. The average Bonchev–Trinajstić information content (AvgIpc) is 2.14. The van der Waals surface area contributed by atoms with E-state index >= 15 is 0 Å². The lowest BCUT2D eigenvalue weighted by Gasteiger charge is -2.09. The van der Waals surface area contributed by atoms with Crippen molar-refractivity contribution in [3.63, 3.8) is 0 Å². The lowest BCUT2D eigenvalue weighted by atomic mass is 10.3. The highest BCUT2D eigenvalue weighted by Crippen LogP contribution is 2.23. The summed E-state index contributed by atoms with van der Waals surface area (Å²) in [7, 11) is -3.92. The molecular formula is C8H10N2O5S. The van der Waals surface area contributed by atoms with E-state index in [1.165, 1.54) is 12.1 Å². The number of carboxylic acids is 1. The van der Waals surface area contributed by atoms with Gasteiger partial charge in [0.05, 0.1) is 5.69 Å². The van der Waals surface area contributed by atoms with Crippen molar-refractivity contribution in [3.8, 4) is 5.75 Å². The van der Waals surface area contributed by atoms with Gasteiger partial charge in [0.2, 0.25) is 0 Å². The number of benzene rings is 1. The number of carboxylic acid groups (broad SMARTS) is 1. The lowest BCUT2D eigenvalue weighted by molar-refractivity contribution is -0.139. The Morgan fingerprint density at radius 2 is 2.06 bits per heavy atom. The summed E-state index contributed by atoms with van der Waals surface area (Å²) in [4.78, 5) is 10.3. The van der Waals surface area contributed by atoms with Crippen molar-refractivity contribution in [2.24, 2.45) is 5.14 Å². The molecule has 1 aromatic rings. The van der Waals surface area contributed by atoms with Crippen LogP contribution in [0.3, 0.4) is 0 Å². The third kappa shape index (κ3) is 4.15. The first-order chi connectivity index (χ1) is 7.38. The fourth-order valence-electron chi connectivity index (χ4n) is 0.970. The van der Waals surface area contributed by atoms with Crippen LogP contribution in [-0.2, 0) is 15.0 Å². The molecule has 0 fully saturated rings. The predicted octanol–water partition coefficient (Wildman–Crippen LogP) is -0.235. The van der Waals surface area contributed by atoms with Crippen LogP contribution >= 0.6 is 0 Å². The van der Waals surface area contributed by atoms with Gasteiger partial charge in [-0.3, -0.25) is 4.72 Å². The number of rotatable bonds is 5. The van der Waals surface area contributed by atoms with Crippen molar-refractivity contribution in [1.82, 2.24) is 0 Å². The molecule has 0 heterocycles. The summed E-state index contributed by atoms with van der Waals surface area (Å²) in [5.74, 6) is -1.07. The number of nitrogens with one attached hydrogen (secondary N) is 1.